The van der Waals surface area contributed by atoms with E-state index in [2.05, 4.69) is 68.4 Å². The number of hydrogen-bond acceptors (Lipinski definition) is 2. The van der Waals surface area contributed by atoms with Gasteiger partial charge in [-0.3, -0.25) is 4.79 Å². The second kappa shape index (κ2) is 14.2. The van der Waals surface area contributed by atoms with Crippen molar-refractivity contribution < 1.29 is 9.53 Å². The highest BCUT2D eigenvalue weighted by Gasteiger charge is 2.68. The fraction of sp³-hybridized carbons (Fsp3) is 0.932. The van der Waals surface area contributed by atoms with Gasteiger partial charge in [-0.25, -0.2) is 0 Å². The summed E-state index contributed by atoms with van der Waals surface area (Å²) in [4.78, 5) is 13.1. The fourth-order valence-corrected chi connectivity index (χ4v) is 13.2. The molecule has 0 aromatic rings. The third-order valence-corrected chi connectivity index (χ3v) is 16.6. The fourth-order valence-electron chi connectivity index (χ4n) is 13.2. The van der Waals surface area contributed by atoms with Gasteiger partial charge in [0.05, 0.1) is 0 Å². The predicted molar refractivity (Wildman–Crippen MR) is 196 cm³/mol. The summed E-state index contributed by atoms with van der Waals surface area (Å²) in [7, 11) is 0. The quantitative estimate of drug-likeness (QED) is 0.114. The van der Waals surface area contributed by atoms with Gasteiger partial charge in [0, 0.05) is 11.8 Å². The first-order chi connectivity index (χ1) is 21.7. The molecule has 5 aliphatic carbocycles. The molecule has 10 atom stereocenters. The van der Waals surface area contributed by atoms with E-state index in [1.807, 2.05) is 5.57 Å². The molecule has 264 valence electrons. The van der Waals surface area contributed by atoms with Crippen LogP contribution in [-0.2, 0) is 9.53 Å². The van der Waals surface area contributed by atoms with Gasteiger partial charge in [0.15, 0.2) is 0 Å². The lowest BCUT2D eigenvalue weighted by molar-refractivity contribution is -0.213. The Morgan fingerprint density at radius 2 is 1.37 bits per heavy atom. The van der Waals surface area contributed by atoms with Crippen molar-refractivity contribution >= 4 is 5.97 Å². The minimum absolute atomic E-state index is 0.0322. The molecule has 0 aliphatic heterocycles. The van der Waals surface area contributed by atoms with E-state index in [-0.39, 0.29) is 17.5 Å². The van der Waals surface area contributed by atoms with Gasteiger partial charge >= 0.3 is 5.97 Å². The Morgan fingerprint density at radius 3 is 2.02 bits per heavy atom. The second-order valence-electron chi connectivity index (χ2n) is 19.4. The van der Waals surface area contributed by atoms with Crippen LogP contribution in [0.5, 0.6) is 0 Å². The molecule has 5 aliphatic rings. The molecule has 0 unspecified atom stereocenters. The number of rotatable bonds is 13. The number of unbranched alkanes of at least 4 members (excludes halogenated alkanes) is 10. The second-order valence-corrected chi connectivity index (χ2v) is 19.4. The third kappa shape index (κ3) is 6.45. The van der Waals surface area contributed by atoms with Crippen LogP contribution in [-0.4, -0.2) is 12.1 Å². The summed E-state index contributed by atoms with van der Waals surface area (Å²) < 4.78 is 6.40. The molecule has 46 heavy (non-hydrogen) atoms. The van der Waals surface area contributed by atoms with E-state index in [0.29, 0.717) is 34.0 Å². The first-order valence-electron chi connectivity index (χ1n) is 20.6. The molecule has 0 spiro atoms. The standard InChI is InChI=1S/C44H76O2/c1-10-11-12-13-14-15-16-17-18-19-20-21-38(45)46-37-26-28-42(7)35(40(37,4)5)25-29-44(9)36(42)23-22-34-39-33(3)32(2)24-27-41(39,6)30-31-43(34,44)8/h22,32-33,35-37,39H,10-21,23-31H2,1-9H3/t32-,33+,35+,36-,37+,39+,41-,42+,43-,44-/m1/s1. The van der Waals surface area contributed by atoms with Crippen LogP contribution >= 0.6 is 0 Å². The maximum atomic E-state index is 13.1. The molecule has 5 rings (SSSR count). The lowest BCUT2D eigenvalue weighted by atomic mass is 9.33. The largest absolute Gasteiger partial charge is 0.462 e. The van der Waals surface area contributed by atoms with Crippen LogP contribution in [0.2, 0.25) is 0 Å². The van der Waals surface area contributed by atoms with Crippen LogP contribution in [0.15, 0.2) is 11.6 Å². The van der Waals surface area contributed by atoms with Crippen LogP contribution in [0.3, 0.4) is 0 Å². The molecule has 4 saturated carbocycles. The number of ether oxygens (including phenoxy) is 1. The van der Waals surface area contributed by atoms with E-state index in [1.54, 1.807) is 0 Å². The average Bonchev–Trinajstić information content (AvgIpc) is 3.00. The zero-order chi connectivity index (χ0) is 33.4. The number of hydrogen-bond donors (Lipinski definition) is 0. The minimum Gasteiger partial charge on any atom is -0.462 e. The van der Waals surface area contributed by atoms with Crippen LogP contribution in [0.4, 0.5) is 0 Å². The van der Waals surface area contributed by atoms with Gasteiger partial charge in [0.2, 0.25) is 0 Å². The Balaban J connectivity index is 1.18. The SMILES string of the molecule is CCCCCCCCCCCCCC(=O)O[C@H]1CC[C@]2(C)[C@H]3CC=C4[C@@H]5[C@@H](C)[C@H](C)CC[C@]5(C)CC[C@@]4(C)[C@]3(C)CC[C@H]2C1(C)C. The van der Waals surface area contributed by atoms with Crippen LogP contribution < -0.4 is 0 Å². The summed E-state index contributed by atoms with van der Waals surface area (Å²) in [5.74, 6) is 3.81. The summed E-state index contributed by atoms with van der Waals surface area (Å²) in [6, 6.07) is 0. The van der Waals surface area contributed by atoms with Gasteiger partial charge in [0.25, 0.3) is 0 Å². The van der Waals surface area contributed by atoms with Gasteiger partial charge < -0.3 is 4.74 Å². The molecule has 0 radical (unpaired) electrons. The van der Waals surface area contributed by atoms with Crippen LogP contribution in [0.1, 0.15) is 197 Å². The lowest BCUT2D eigenvalue weighted by Crippen LogP contribution is -2.65. The minimum atomic E-state index is 0.0322. The van der Waals surface area contributed by atoms with Crippen LogP contribution in [0.25, 0.3) is 0 Å². The Labute approximate surface area is 286 Å². The molecule has 2 nitrogen and oxygen atoms in total. The van der Waals surface area contributed by atoms with Crippen LogP contribution in [0, 0.1) is 56.7 Å². The highest BCUT2D eigenvalue weighted by atomic mass is 16.5. The molecule has 2 heteroatoms. The maximum absolute atomic E-state index is 13.1. The molecule has 0 bridgehead atoms. The van der Waals surface area contributed by atoms with Gasteiger partial charge in [-0.15, -0.1) is 0 Å². The van der Waals surface area contributed by atoms with Crippen molar-refractivity contribution in [2.45, 2.75) is 203 Å². The maximum Gasteiger partial charge on any atom is 0.306 e. The van der Waals surface area contributed by atoms with Crippen molar-refractivity contribution in [2.75, 3.05) is 0 Å². The molecule has 0 heterocycles. The molecule has 4 fully saturated rings. The molecular weight excluding hydrogens is 560 g/mol. The van der Waals surface area contributed by atoms with Crippen molar-refractivity contribution in [1.82, 2.24) is 0 Å². The molecule has 0 aromatic carbocycles. The van der Waals surface area contributed by atoms with Gasteiger partial charge in [-0.2, -0.15) is 0 Å². The number of esters is 1. The molecule has 0 N–H and O–H groups in total. The number of carbonyl (C=O) groups is 1. The Morgan fingerprint density at radius 1 is 0.739 bits per heavy atom. The normalized spacial score (nSPS) is 43.0. The zero-order valence-electron chi connectivity index (χ0n) is 32.2. The lowest BCUT2D eigenvalue weighted by Gasteiger charge is -2.71. The molecular formula is C44H76O2. The van der Waals surface area contributed by atoms with Crippen molar-refractivity contribution in [1.29, 1.82) is 0 Å². The van der Waals surface area contributed by atoms with Gasteiger partial charge in [-0.05, 0) is 115 Å². The smallest absolute Gasteiger partial charge is 0.306 e. The number of carbonyl (C=O) groups excluding carboxylic acids is 1. The van der Waals surface area contributed by atoms with E-state index in [1.165, 1.54) is 116 Å². The zero-order valence-corrected chi connectivity index (χ0v) is 32.2. The topological polar surface area (TPSA) is 26.3 Å². The van der Waals surface area contributed by atoms with Gasteiger partial charge in [-0.1, -0.05) is 138 Å². The number of allylic oxidation sites excluding steroid dienone is 2. The number of fused-ring (bicyclic) bond motifs is 7. The van der Waals surface area contributed by atoms with Crippen molar-refractivity contribution in [3.05, 3.63) is 11.6 Å². The highest BCUT2D eigenvalue weighted by Crippen LogP contribution is 2.75. The summed E-state index contributed by atoms with van der Waals surface area (Å²) in [6.45, 7) is 23.1. The Bertz CT molecular complexity index is 1070. The summed E-state index contributed by atoms with van der Waals surface area (Å²) in [5, 5.41) is 0. The van der Waals surface area contributed by atoms with Crippen molar-refractivity contribution in [2.24, 2.45) is 56.7 Å². The predicted octanol–water partition coefficient (Wildman–Crippen LogP) is 13.3. The first kappa shape index (κ1) is 36.5. The molecule has 0 aromatic heterocycles. The monoisotopic (exact) mass is 637 g/mol. The van der Waals surface area contributed by atoms with Crippen molar-refractivity contribution in [3.63, 3.8) is 0 Å². The van der Waals surface area contributed by atoms with Crippen molar-refractivity contribution in [3.8, 4) is 0 Å². The van der Waals surface area contributed by atoms with E-state index in [9.17, 15) is 4.79 Å². The average molecular weight is 637 g/mol. The summed E-state index contributed by atoms with van der Waals surface area (Å²) >= 11 is 0. The molecule has 0 saturated heterocycles. The first-order valence-corrected chi connectivity index (χ1v) is 20.6. The van der Waals surface area contributed by atoms with Gasteiger partial charge in [0.1, 0.15) is 6.10 Å². The van der Waals surface area contributed by atoms with E-state index in [0.717, 1.165) is 36.5 Å². The summed E-state index contributed by atoms with van der Waals surface area (Å²) in [6.07, 6.45) is 29.7. The molecule has 0 amide bonds. The Hall–Kier alpha value is -0.790. The summed E-state index contributed by atoms with van der Waals surface area (Å²) in [5.41, 5.74) is 3.40. The van der Waals surface area contributed by atoms with E-state index >= 15 is 0 Å². The Kier molecular flexibility index (Phi) is 11.3. The third-order valence-electron chi connectivity index (χ3n) is 16.6. The highest BCUT2D eigenvalue weighted by molar-refractivity contribution is 5.69. The van der Waals surface area contributed by atoms with E-state index < -0.39 is 0 Å². The van der Waals surface area contributed by atoms with E-state index in [4.69, 9.17) is 4.74 Å².